The quantitative estimate of drug-likeness (QED) is 0.681. The van der Waals surface area contributed by atoms with Crippen molar-refractivity contribution in [3.8, 4) is 0 Å². The largest absolute Gasteiger partial charge is 0.481 e. The molecule has 0 aromatic heterocycles. The molecule has 0 radical (unpaired) electrons. The number of carbonyl (C=O) groups excluding carboxylic acids is 3. The molecule has 1 heterocycles. The third-order valence-corrected chi connectivity index (χ3v) is 4.53. The zero-order valence-electron chi connectivity index (χ0n) is 17.8. The maximum Gasteiger partial charge on any atom is 0.408 e. The lowest BCUT2D eigenvalue weighted by Gasteiger charge is -2.32. The van der Waals surface area contributed by atoms with Gasteiger partial charge < -0.3 is 20.1 Å². The molecule has 0 aromatic rings. The van der Waals surface area contributed by atoms with Gasteiger partial charge in [-0.05, 0) is 39.0 Å². The van der Waals surface area contributed by atoms with Crippen LogP contribution < -0.4 is 5.32 Å². The van der Waals surface area contributed by atoms with Gasteiger partial charge in [-0.15, -0.1) is 0 Å². The molecular formula is C20H34N2O6. The molecule has 1 aliphatic rings. The van der Waals surface area contributed by atoms with Gasteiger partial charge >= 0.3 is 12.1 Å². The summed E-state index contributed by atoms with van der Waals surface area (Å²) in [5, 5.41) is 12.1. The fourth-order valence-electron chi connectivity index (χ4n) is 3.12. The van der Waals surface area contributed by atoms with Crippen LogP contribution in [0.2, 0.25) is 0 Å². The molecular weight excluding hydrogens is 364 g/mol. The summed E-state index contributed by atoms with van der Waals surface area (Å²) in [4.78, 5) is 50.6. The van der Waals surface area contributed by atoms with Crippen LogP contribution in [0.3, 0.4) is 0 Å². The molecule has 160 valence electrons. The van der Waals surface area contributed by atoms with Crippen LogP contribution >= 0.6 is 0 Å². The van der Waals surface area contributed by atoms with Crippen molar-refractivity contribution in [2.24, 2.45) is 11.3 Å². The molecule has 0 saturated carbocycles. The van der Waals surface area contributed by atoms with Gasteiger partial charge in [0.1, 0.15) is 5.60 Å². The number of carboxylic acids is 1. The Morgan fingerprint density at radius 2 is 1.54 bits per heavy atom. The van der Waals surface area contributed by atoms with Crippen LogP contribution in [0.1, 0.15) is 67.2 Å². The highest BCUT2D eigenvalue weighted by atomic mass is 16.6. The number of alkyl carbamates (subject to hydrolysis) is 1. The molecule has 0 unspecified atom stereocenters. The number of ether oxygens (including phenoxy) is 1. The van der Waals surface area contributed by atoms with E-state index in [-0.39, 0.29) is 18.7 Å². The maximum atomic E-state index is 12.9. The average Bonchev–Trinajstić information content (AvgIpc) is 3.03. The predicted molar refractivity (Wildman–Crippen MR) is 104 cm³/mol. The van der Waals surface area contributed by atoms with Crippen LogP contribution in [0.25, 0.3) is 0 Å². The van der Waals surface area contributed by atoms with Crippen LogP contribution in [0.4, 0.5) is 4.79 Å². The second kappa shape index (κ2) is 9.39. The maximum absolute atomic E-state index is 12.9. The number of hydrogen-bond donors (Lipinski definition) is 2. The van der Waals surface area contributed by atoms with E-state index in [0.29, 0.717) is 13.1 Å². The number of hydrogen-bond acceptors (Lipinski definition) is 5. The van der Waals surface area contributed by atoms with Crippen LogP contribution in [0.5, 0.6) is 0 Å². The number of carboxylic acid groups (broad SMARTS) is 1. The predicted octanol–water partition coefficient (Wildman–Crippen LogP) is 2.60. The van der Waals surface area contributed by atoms with Gasteiger partial charge in [-0.3, -0.25) is 14.4 Å². The second-order valence-electron chi connectivity index (χ2n) is 9.44. The first-order chi connectivity index (χ1) is 12.7. The minimum Gasteiger partial charge on any atom is -0.481 e. The summed E-state index contributed by atoms with van der Waals surface area (Å²) >= 11 is 0. The Morgan fingerprint density at radius 3 is 1.96 bits per heavy atom. The van der Waals surface area contributed by atoms with Crippen LogP contribution in [0, 0.1) is 11.3 Å². The molecule has 28 heavy (non-hydrogen) atoms. The molecule has 0 aromatic carbocycles. The number of Topliss-reactive ketones (excluding diaryl/α,β-unsaturated/α-hetero) is 1. The van der Waals surface area contributed by atoms with Gasteiger partial charge in [0.05, 0.1) is 12.0 Å². The number of ketones is 1. The minimum absolute atomic E-state index is 0.218. The van der Waals surface area contributed by atoms with E-state index < -0.39 is 40.8 Å². The summed E-state index contributed by atoms with van der Waals surface area (Å²) in [6.07, 6.45) is 0.542. The number of nitrogens with one attached hydrogen (secondary N) is 1. The number of carbonyl (C=O) groups is 4. The van der Waals surface area contributed by atoms with Crippen molar-refractivity contribution in [3.63, 3.8) is 0 Å². The Morgan fingerprint density at radius 1 is 1.00 bits per heavy atom. The molecule has 0 spiro atoms. The van der Waals surface area contributed by atoms with Crippen molar-refractivity contribution < 1.29 is 29.0 Å². The van der Waals surface area contributed by atoms with E-state index in [1.807, 2.05) is 0 Å². The molecule has 0 aliphatic carbocycles. The van der Waals surface area contributed by atoms with Crippen molar-refractivity contribution in [2.75, 3.05) is 13.1 Å². The van der Waals surface area contributed by atoms with E-state index >= 15 is 0 Å². The molecule has 0 bridgehead atoms. The molecule has 8 heteroatoms. The highest BCUT2D eigenvalue weighted by Crippen LogP contribution is 2.24. The van der Waals surface area contributed by atoms with Crippen LogP contribution in [0.15, 0.2) is 0 Å². The van der Waals surface area contributed by atoms with E-state index in [1.165, 1.54) is 0 Å². The summed E-state index contributed by atoms with van der Waals surface area (Å²) in [5.74, 6) is -2.98. The Balaban J connectivity index is 2.83. The summed E-state index contributed by atoms with van der Waals surface area (Å²) in [7, 11) is 0. The summed E-state index contributed by atoms with van der Waals surface area (Å²) in [6.45, 7) is 11.7. The zero-order valence-corrected chi connectivity index (χ0v) is 17.8. The molecule has 2 amide bonds. The van der Waals surface area contributed by atoms with Crippen LogP contribution in [-0.2, 0) is 19.1 Å². The van der Waals surface area contributed by atoms with E-state index in [9.17, 15) is 24.3 Å². The van der Waals surface area contributed by atoms with Crippen LogP contribution in [-0.4, -0.2) is 58.5 Å². The van der Waals surface area contributed by atoms with E-state index in [1.54, 1.807) is 46.4 Å². The summed E-state index contributed by atoms with van der Waals surface area (Å²) < 4.78 is 5.22. The zero-order chi connectivity index (χ0) is 21.7. The van der Waals surface area contributed by atoms with Gasteiger partial charge in [-0.25, -0.2) is 4.79 Å². The second-order valence-corrected chi connectivity index (χ2v) is 9.44. The van der Waals surface area contributed by atoms with Crippen molar-refractivity contribution in [1.29, 1.82) is 0 Å². The van der Waals surface area contributed by atoms with Gasteiger partial charge in [-0.2, -0.15) is 0 Å². The molecule has 1 aliphatic heterocycles. The smallest absolute Gasteiger partial charge is 0.408 e. The Hall–Kier alpha value is -2.12. The third-order valence-electron chi connectivity index (χ3n) is 4.53. The highest BCUT2D eigenvalue weighted by molar-refractivity contribution is 5.92. The topological polar surface area (TPSA) is 113 Å². The van der Waals surface area contributed by atoms with Gasteiger partial charge in [0.2, 0.25) is 5.91 Å². The average molecular weight is 399 g/mol. The number of rotatable bonds is 7. The SMILES string of the molecule is CC(C)(C)OC(=O)N[C@H](C(=O)C[C@H](CC(=O)N1CCCC1)C(=O)O)C(C)(C)C. The van der Waals surface area contributed by atoms with Crippen molar-refractivity contribution >= 4 is 23.8 Å². The number of amides is 2. The standard InChI is InChI=1S/C20H34N2O6/c1-19(2,3)16(21-18(27)28-20(4,5)6)14(23)11-13(17(25)26)12-15(24)22-9-7-8-10-22/h13,16H,7-12H2,1-6H3,(H,21,27)(H,25,26)/t13-,16-/m1/s1. The van der Waals surface area contributed by atoms with Gasteiger partial charge in [0.25, 0.3) is 0 Å². The fourth-order valence-corrected chi connectivity index (χ4v) is 3.12. The first kappa shape index (κ1) is 23.9. The van der Waals surface area contributed by atoms with E-state index in [4.69, 9.17) is 4.74 Å². The Bertz CT molecular complexity index is 597. The molecule has 1 fully saturated rings. The fraction of sp³-hybridized carbons (Fsp3) is 0.800. The number of likely N-dealkylation sites (tertiary alicyclic amines) is 1. The normalized spacial score (nSPS) is 17.0. The lowest BCUT2D eigenvalue weighted by atomic mass is 9.81. The van der Waals surface area contributed by atoms with E-state index in [0.717, 1.165) is 12.8 Å². The molecule has 2 atom stereocenters. The minimum atomic E-state index is -1.19. The van der Waals surface area contributed by atoms with Crippen molar-refractivity contribution in [3.05, 3.63) is 0 Å². The lowest BCUT2D eigenvalue weighted by Crippen LogP contribution is -2.51. The molecule has 1 rings (SSSR count). The number of nitrogens with zero attached hydrogens (tertiary/aromatic N) is 1. The lowest BCUT2D eigenvalue weighted by molar-refractivity contribution is -0.147. The first-order valence-corrected chi connectivity index (χ1v) is 9.73. The first-order valence-electron chi connectivity index (χ1n) is 9.73. The van der Waals surface area contributed by atoms with E-state index in [2.05, 4.69) is 5.32 Å². The highest BCUT2D eigenvalue weighted by Gasteiger charge is 2.37. The summed E-state index contributed by atoms with van der Waals surface area (Å²) in [6, 6.07) is -0.925. The summed E-state index contributed by atoms with van der Waals surface area (Å²) in [5.41, 5.74) is -1.36. The van der Waals surface area contributed by atoms with Gasteiger partial charge in [0, 0.05) is 25.9 Å². The Kier molecular flexibility index (Phi) is 8.02. The third kappa shape index (κ3) is 7.86. The van der Waals surface area contributed by atoms with Gasteiger partial charge in [-0.1, -0.05) is 20.8 Å². The monoisotopic (exact) mass is 398 g/mol. The van der Waals surface area contributed by atoms with Crippen molar-refractivity contribution in [2.45, 2.75) is 78.9 Å². The molecule has 1 saturated heterocycles. The van der Waals surface area contributed by atoms with Crippen molar-refractivity contribution in [1.82, 2.24) is 10.2 Å². The Labute approximate surface area is 167 Å². The number of aliphatic carboxylic acids is 1. The van der Waals surface area contributed by atoms with Gasteiger partial charge in [0.15, 0.2) is 5.78 Å². The molecule has 8 nitrogen and oxygen atoms in total. The molecule has 2 N–H and O–H groups in total.